The fraction of sp³-hybridized carbons (Fsp3) is 0.526. The lowest BCUT2D eigenvalue weighted by Crippen LogP contribution is -2.46. The van der Waals surface area contributed by atoms with Gasteiger partial charge in [0.15, 0.2) is 5.96 Å². The summed E-state index contributed by atoms with van der Waals surface area (Å²) < 4.78 is 0. The first-order valence-corrected chi connectivity index (χ1v) is 10.5. The highest BCUT2D eigenvalue weighted by atomic mass is 32.2. The van der Waals surface area contributed by atoms with Gasteiger partial charge in [0, 0.05) is 24.6 Å². The van der Waals surface area contributed by atoms with Gasteiger partial charge in [0.2, 0.25) is 0 Å². The van der Waals surface area contributed by atoms with E-state index in [1.54, 1.807) is 6.07 Å². The van der Waals surface area contributed by atoms with E-state index in [1.165, 1.54) is 4.90 Å². The Hall–Kier alpha value is -2.22. The Morgan fingerprint density at radius 2 is 2.07 bits per heavy atom. The standard InChI is InChI=1S/C19H25N5O2S/c1-19(14-5-6-14)16(25)24(18(26)22-19)15-4-2-3-13(11-15)12-21-17(20)23-7-9-27-10-8-23/h2-4,11,14H,5-10,12H2,1H3,(H2,20,21)(H,22,26). The molecule has 3 fully saturated rings. The number of thioether (sulfide) groups is 1. The van der Waals surface area contributed by atoms with E-state index in [1.807, 2.05) is 36.9 Å². The Kier molecular flexibility index (Phi) is 4.75. The van der Waals surface area contributed by atoms with Gasteiger partial charge >= 0.3 is 6.03 Å². The number of nitrogens with zero attached hydrogens (tertiary/aromatic N) is 3. The summed E-state index contributed by atoms with van der Waals surface area (Å²) in [4.78, 5) is 33.2. The number of amides is 3. The second-order valence-corrected chi connectivity index (χ2v) is 8.72. The molecule has 1 aliphatic carbocycles. The number of carbonyl (C=O) groups is 2. The minimum absolute atomic E-state index is 0.166. The van der Waals surface area contributed by atoms with E-state index in [9.17, 15) is 9.59 Å². The van der Waals surface area contributed by atoms with Crippen LogP contribution in [0.25, 0.3) is 0 Å². The van der Waals surface area contributed by atoms with E-state index in [0.29, 0.717) is 18.2 Å². The molecule has 0 bridgehead atoms. The summed E-state index contributed by atoms with van der Waals surface area (Å²) >= 11 is 1.93. The maximum Gasteiger partial charge on any atom is 0.329 e. The van der Waals surface area contributed by atoms with Crippen LogP contribution in [0.5, 0.6) is 0 Å². The van der Waals surface area contributed by atoms with Crippen molar-refractivity contribution < 1.29 is 9.59 Å². The maximum atomic E-state index is 12.9. The van der Waals surface area contributed by atoms with Crippen LogP contribution in [0.2, 0.25) is 0 Å². The van der Waals surface area contributed by atoms with Crippen LogP contribution in [0.3, 0.4) is 0 Å². The Morgan fingerprint density at radius 3 is 2.78 bits per heavy atom. The zero-order valence-electron chi connectivity index (χ0n) is 15.5. The first-order chi connectivity index (χ1) is 13.0. The number of aliphatic imine (C=N–C) groups is 1. The molecule has 0 spiro atoms. The van der Waals surface area contributed by atoms with Crippen molar-refractivity contribution in [3.05, 3.63) is 29.8 Å². The van der Waals surface area contributed by atoms with E-state index < -0.39 is 5.54 Å². The molecule has 4 rings (SSSR count). The second kappa shape index (κ2) is 7.07. The summed E-state index contributed by atoms with van der Waals surface area (Å²) in [5.41, 5.74) is 6.84. The Morgan fingerprint density at radius 1 is 1.33 bits per heavy atom. The molecule has 8 heteroatoms. The van der Waals surface area contributed by atoms with Gasteiger partial charge in [-0.2, -0.15) is 11.8 Å². The molecule has 1 atom stereocenters. The van der Waals surface area contributed by atoms with Crippen LogP contribution >= 0.6 is 11.8 Å². The minimum atomic E-state index is -0.776. The topological polar surface area (TPSA) is 91.0 Å². The fourth-order valence-corrected chi connectivity index (χ4v) is 4.59. The van der Waals surface area contributed by atoms with Crippen LogP contribution in [0, 0.1) is 5.92 Å². The molecule has 7 nitrogen and oxygen atoms in total. The zero-order chi connectivity index (χ0) is 19.0. The number of imide groups is 1. The van der Waals surface area contributed by atoms with Gasteiger partial charge in [0.25, 0.3) is 5.91 Å². The van der Waals surface area contributed by atoms with E-state index in [4.69, 9.17) is 5.73 Å². The van der Waals surface area contributed by atoms with Crippen molar-refractivity contribution in [1.82, 2.24) is 10.2 Å². The molecule has 1 aromatic carbocycles. The number of urea groups is 1. The molecule has 2 aliphatic heterocycles. The third kappa shape index (κ3) is 3.50. The van der Waals surface area contributed by atoms with Gasteiger partial charge in [0.05, 0.1) is 12.2 Å². The van der Waals surface area contributed by atoms with Crippen molar-refractivity contribution in [2.24, 2.45) is 16.6 Å². The molecule has 3 N–H and O–H groups in total. The van der Waals surface area contributed by atoms with Crippen molar-refractivity contribution in [1.29, 1.82) is 0 Å². The molecular formula is C19H25N5O2S. The van der Waals surface area contributed by atoms with Gasteiger partial charge in [-0.3, -0.25) is 4.79 Å². The third-order valence-corrected chi connectivity index (χ3v) is 6.48. The number of benzene rings is 1. The molecule has 1 unspecified atom stereocenters. The largest absolute Gasteiger partial charge is 0.370 e. The highest BCUT2D eigenvalue weighted by Crippen LogP contribution is 2.43. The first-order valence-electron chi connectivity index (χ1n) is 9.37. The van der Waals surface area contributed by atoms with Gasteiger partial charge in [-0.25, -0.2) is 14.7 Å². The van der Waals surface area contributed by atoms with Crippen LogP contribution in [-0.2, 0) is 11.3 Å². The highest BCUT2D eigenvalue weighted by molar-refractivity contribution is 7.99. The second-order valence-electron chi connectivity index (χ2n) is 7.49. The van der Waals surface area contributed by atoms with Crippen molar-refractivity contribution in [2.75, 3.05) is 29.5 Å². The monoisotopic (exact) mass is 387 g/mol. The molecule has 1 saturated carbocycles. The van der Waals surface area contributed by atoms with E-state index in [-0.39, 0.29) is 17.9 Å². The van der Waals surface area contributed by atoms with E-state index in [2.05, 4.69) is 15.2 Å². The molecule has 2 heterocycles. The van der Waals surface area contributed by atoms with E-state index in [0.717, 1.165) is 43.0 Å². The number of nitrogens with one attached hydrogen (secondary N) is 1. The summed E-state index contributed by atoms with van der Waals surface area (Å²) in [6, 6.07) is 7.07. The fourth-order valence-electron chi connectivity index (χ4n) is 3.69. The van der Waals surface area contributed by atoms with Crippen molar-refractivity contribution in [3.8, 4) is 0 Å². The van der Waals surface area contributed by atoms with Crippen molar-refractivity contribution in [2.45, 2.75) is 31.8 Å². The number of nitrogens with two attached hydrogens (primary N) is 1. The number of guanidine groups is 1. The van der Waals surface area contributed by atoms with E-state index >= 15 is 0 Å². The van der Waals surface area contributed by atoms with Gasteiger partial charge in [-0.1, -0.05) is 12.1 Å². The lowest BCUT2D eigenvalue weighted by molar-refractivity contribution is -0.122. The number of rotatable bonds is 4. The third-order valence-electron chi connectivity index (χ3n) is 5.54. The Labute approximate surface area is 163 Å². The SMILES string of the molecule is CC1(C2CC2)NC(=O)N(c2cccc(CN=C(N)N3CCSCC3)c2)C1=O. The van der Waals surface area contributed by atoms with Gasteiger partial charge in [-0.05, 0) is 43.4 Å². The van der Waals surface area contributed by atoms with Gasteiger partial charge < -0.3 is 16.0 Å². The molecule has 144 valence electrons. The van der Waals surface area contributed by atoms with Crippen LogP contribution < -0.4 is 16.0 Å². The van der Waals surface area contributed by atoms with Gasteiger partial charge in [-0.15, -0.1) is 0 Å². The number of hydrogen-bond donors (Lipinski definition) is 2. The van der Waals surface area contributed by atoms with Crippen molar-refractivity contribution in [3.63, 3.8) is 0 Å². The number of anilines is 1. The molecule has 27 heavy (non-hydrogen) atoms. The lowest BCUT2D eigenvalue weighted by atomic mass is 9.96. The summed E-state index contributed by atoms with van der Waals surface area (Å²) in [7, 11) is 0. The van der Waals surface area contributed by atoms with Crippen LogP contribution in [0.4, 0.5) is 10.5 Å². The normalized spacial score (nSPS) is 26.5. The minimum Gasteiger partial charge on any atom is -0.370 e. The first kappa shape index (κ1) is 18.2. The zero-order valence-corrected chi connectivity index (χ0v) is 16.3. The Bertz CT molecular complexity index is 788. The molecular weight excluding hydrogens is 362 g/mol. The maximum absolute atomic E-state index is 12.9. The number of carbonyl (C=O) groups excluding carboxylic acids is 2. The summed E-state index contributed by atoms with van der Waals surface area (Å²) in [5, 5.41) is 2.88. The van der Waals surface area contributed by atoms with Crippen LogP contribution in [0.1, 0.15) is 25.3 Å². The molecule has 3 amide bonds. The lowest BCUT2D eigenvalue weighted by Gasteiger charge is -2.27. The van der Waals surface area contributed by atoms with Crippen molar-refractivity contribution >= 4 is 35.3 Å². The molecule has 3 aliphatic rings. The number of hydrogen-bond acceptors (Lipinski definition) is 4. The van der Waals surface area contributed by atoms with Gasteiger partial charge in [0.1, 0.15) is 5.54 Å². The summed E-state index contributed by atoms with van der Waals surface area (Å²) in [6.45, 7) is 4.09. The summed E-state index contributed by atoms with van der Waals surface area (Å²) in [6.07, 6.45) is 1.97. The smallest absolute Gasteiger partial charge is 0.329 e. The average Bonchev–Trinajstić information content (AvgIpc) is 3.50. The highest BCUT2D eigenvalue weighted by Gasteiger charge is 2.56. The Balaban J connectivity index is 1.49. The van der Waals surface area contributed by atoms with Crippen LogP contribution in [0.15, 0.2) is 29.3 Å². The average molecular weight is 388 g/mol. The predicted octanol–water partition coefficient (Wildman–Crippen LogP) is 1.78. The predicted molar refractivity (Wildman–Crippen MR) is 108 cm³/mol. The molecule has 1 aromatic rings. The van der Waals surface area contributed by atoms with Crippen LogP contribution in [-0.4, -0.2) is 52.9 Å². The summed E-state index contributed by atoms with van der Waals surface area (Å²) in [5.74, 6) is 2.77. The molecule has 0 aromatic heterocycles. The quantitative estimate of drug-likeness (QED) is 0.467. The molecule has 2 saturated heterocycles. The molecule has 0 radical (unpaired) electrons.